The lowest BCUT2D eigenvalue weighted by Gasteiger charge is -2.12. The Balaban J connectivity index is 2.17. The molecule has 0 bridgehead atoms. The van der Waals surface area contributed by atoms with Gasteiger partial charge in [-0.25, -0.2) is 4.79 Å². The fourth-order valence-electron chi connectivity index (χ4n) is 1.83. The fraction of sp³-hybridized carbons (Fsp3) is 0.118. The van der Waals surface area contributed by atoms with Crippen LogP contribution in [-0.4, -0.2) is 18.2 Å². The molecule has 0 saturated heterocycles. The van der Waals surface area contributed by atoms with Gasteiger partial charge in [-0.3, -0.25) is 0 Å². The van der Waals surface area contributed by atoms with E-state index in [9.17, 15) is 4.79 Å². The Labute approximate surface area is 123 Å². The van der Waals surface area contributed by atoms with Gasteiger partial charge in [0.2, 0.25) is 0 Å². The van der Waals surface area contributed by atoms with Crippen LogP contribution in [0.25, 0.3) is 5.57 Å². The molecular formula is C17H16O4. The Kier molecular flexibility index (Phi) is 4.61. The van der Waals surface area contributed by atoms with Gasteiger partial charge in [0, 0.05) is 0 Å². The van der Waals surface area contributed by atoms with Crippen LogP contribution >= 0.6 is 0 Å². The zero-order valence-electron chi connectivity index (χ0n) is 11.7. The number of hydrogen-bond donors (Lipinski definition) is 1. The second-order valence-electron chi connectivity index (χ2n) is 4.42. The van der Waals surface area contributed by atoms with Gasteiger partial charge in [-0.1, -0.05) is 43.0 Å². The lowest BCUT2D eigenvalue weighted by atomic mass is 10.1. The summed E-state index contributed by atoms with van der Waals surface area (Å²) in [5, 5.41) is 8.95. The molecule has 4 nitrogen and oxygen atoms in total. The van der Waals surface area contributed by atoms with E-state index < -0.39 is 5.97 Å². The first-order valence-corrected chi connectivity index (χ1v) is 6.39. The monoisotopic (exact) mass is 284 g/mol. The van der Waals surface area contributed by atoms with Crippen LogP contribution in [-0.2, 0) is 11.4 Å². The largest absolute Gasteiger partial charge is 0.493 e. The molecule has 0 amide bonds. The van der Waals surface area contributed by atoms with Crippen molar-refractivity contribution in [1.29, 1.82) is 0 Å². The zero-order valence-corrected chi connectivity index (χ0v) is 11.7. The number of hydrogen-bond acceptors (Lipinski definition) is 3. The molecule has 4 heteroatoms. The third kappa shape index (κ3) is 3.63. The minimum absolute atomic E-state index is 0.0166. The highest BCUT2D eigenvalue weighted by Crippen LogP contribution is 2.31. The summed E-state index contributed by atoms with van der Waals surface area (Å²) in [6.07, 6.45) is 0. The molecule has 2 aromatic carbocycles. The zero-order chi connectivity index (χ0) is 15.2. The van der Waals surface area contributed by atoms with Crippen molar-refractivity contribution in [1.82, 2.24) is 0 Å². The van der Waals surface area contributed by atoms with Crippen LogP contribution in [0.1, 0.15) is 11.1 Å². The summed E-state index contributed by atoms with van der Waals surface area (Å²) >= 11 is 0. The number of rotatable bonds is 6. The third-order valence-corrected chi connectivity index (χ3v) is 3.01. The lowest BCUT2D eigenvalue weighted by molar-refractivity contribution is -0.130. The van der Waals surface area contributed by atoms with Crippen LogP contribution < -0.4 is 9.47 Å². The predicted molar refractivity (Wildman–Crippen MR) is 80.4 cm³/mol. The highest BCUT2D eigenvalue weighted by molar-refractivity contribution is 6.14. The van der Waals surface area contributed by atoms with Crippen LogP contribution in [0.3, 0.4) is 0 Å². The maximum atomic E-state index is 10.9. The fourth-order valence-corrected chi connectivity index (χ4v) is 1.83. The summed E-state index contributed by atoms with van der Waals surface area (Å²) in [6.45, 7) is 3.94. The van der Waals surface area contributed by atoms with Crippen molar-refractivity contribution in [2.75, 3.05) is 7.11 Å². The molecule has 2 rings (SSSR count). The Morgan fingerprint density at radius 2 is 1.86 bits per heavy atom. The molecule has 0 spiro atoms. The first kappa shape index (κ1) is 14.7. The van der Waals surface area contributed by atoms with Gasteiger partial charge in [-0.2, -0.15) is 0 Å². The highest BCUT2D eigenvalue weighted by atomic mass is 16.5. The molecule has 1 N–H and O–H groups in total. The highest BCUT2D eigenvalue weighted by Gasteiger charge is 2.11. The van der Waals surface area contributed by atoms with Crippen LogP contribution in [0.15, 0.2) is 55.1 Å². The van der Waals surface area contributed by atoms with Gasteiger partial charge in [0.25, 0.3) is 0 Å². The average molecular weight is 284 g/mol. The molecule has 108 valence electrons. The summed E-state index contributed by atoms with van der Waals surface area (Å²) in [4.78, 5) is 10.9. The maximum Gasteiger partial charge on any atom is 0.335 e. The molecule has 0 fully saturated rings. The number of ether oxygens (including phenoxy) is 2. The van der Waals surface area contributed by atoms with E-state index in [1.165, 1.54) is 7.11 Å². The molecule has 0 saturated carbocycles. The predicted octanol–water partition coefficient (Wildman–Crippen LogP) is 3.37. The van der Waals surface area contributed by atoms with E-state index in [1.54, 1.807) is 18.2 Å². The molecule has 0 aliphatic rings. The minimum atomic E-state index is -1.06. The summed E-state index contributed by atoms with van der Waals surface area (Å²) < 4.78 is 11.0. The molecule has 0 unspecified atom stereocenters. The van der Waals surface area contributed by atoms with Crippen molar-refractivity contribution >= 4 is 11.5 Å². The average Bonchev–Trinajstić information content (AvgIpc) is 2.53. The summed E-state index contributed by atoms with van der Waals surface area (Å²) in [7, 11) is 1.51. The standard InChI is InChI=1S/C17H16O4/c1-12(17(18)19)14-8-9-15(16(10-14)20-2)21-11-13-6-4-3-5-7-13/h3-10H,1,11H2,2H3,(H,18,19). The van der Waals surface area contributed by atoms with E-state index in [0.717, 1.165) is 5.56 Å². The van der Waals surface area contributed by atoms with E-state index in [-0.39, 0.29) is 5.57 Å². The van der Waals surface area contributed by atoms with Crippen molar-refractivity contribution in [2.24, 2.45) is 0 Å². The van der Waals surface area contributed by atoms with E-state index in [2.05, 4.69) is 6.58 Å². The van der Waals surface area contributed by atoms with Gasteiger partial charge < -0.3 is 14.6 Å². The minimum Gasteiger partial charge on any atom is -0.493 e. The van der Waals surface area contributed by atoms with Crippen LogP contribution in [0.2, 0.25) is 0 Å². The third-order valence-electron chi connectivity index (χ3n) is 3.01. The van der Waals surface area contributed by atoms with Gasteiger partial charge in [-0.05, 0) is 23.3 Å². The number of carboxylic acids is 1. The van der Waals surface area contributed by atoms with Gasteiger partial charge in [0.1, 0.15) is 6.61 Å². The molecular weight excluding hydrogens is 268 g/mol. The van der Waals surface area contributed by atoms with E-state index >= 15 is 0 Å². The second-order valence-corrected chi connectivity index (χ2v) is 4.42. The van der Waals surface area contributed by atoms with E-state index in [0.29, 0.717) is 23.7 Å². The molecule has 0 aromatic heterocycles. The van der Waals surface area contributed by atoms with E-state index in [4.69, 9.17) is 14.6 Å². The van der Waals surface area contributed by atoms with Gasteiger partial charge in [0.15, 0.2) is 11.5 Å². The second kappa shape index (κ2) is 6.61. The normalized spacial score (nSPS) is 9.95. The van der Waals surface area contributed by atoms with Crippen molar-refractivity contribution in [3.05, 3.63) is 66.2 Å². The summed E-state index contributed by atoms with van der Waals surface area (Å²) in [6, 6.07) is 14.7. The van der Waals surface area contributed by atoms with Gasteiger partial charge >= 0.3 is 5.97 Å². The van der Waals surface area contributed by atoms with Crippen molar-refractivity contribution in [3.8, 4) is 11.5 Å². The molecule has 0 aliphatic heterocycles. The topological polar surface area (TPSA) is 55.8 Å². The number of carboxylic acid groups (broad SMARTS) is 1. The Morgan fingerprint density at radius 3 is 2.48 bits per heavy atom. The Hall–Kier alpha value is -2.75. The van der Waals surface area contributed by atoms with Crippen LogP contribution in [0.5, 0.6) is 11.5 Å². The molecule has 0 aliphatic carbocycles. The van der Waals surface area contributed by atoms with Crippen molar-refractivity contribution in [2.45, 2.75) is 6.61 Å². The van der Waals surface area contributed by atoms with E-state index in [1.807, 2.05) is 30.3 Å². The summed E-state index contributed by atoms with van der Waals surface area (Å²) in [5.41, 5.74) is 1.55. The SMILES string of the molecule is C=C(C(=O)O)c1ccc(OCc2ccccc2)c(OC)c1. The van der Waals surface area contributed by atoms with Crippen LogP contribution in [0, 0.1) is 0 Å². The molecule has 0 heterocycles. The van der Waals surface area contributed by atoms with Gasteiger partial charge in [-0.15, -0.1) is 0 Å². The molecule has 2 aromatic rings. The first-order chi connectivity index (χ1) is 10.1. The Morgan fingerprint density at radius 1 is 1.14 bits per heavy atom. The number of aliphatic carboxylic acids is 1. The molecule has 0 radical (unpaired) electrons. The van der Waals surface area contributed by atoms with Crippen LogP contribution in [0.4, 0.5) is 0 Å². The van der Waals surface area contributed by atoms with Crippen molar-refractivity contribution in [3.63, 3.8) is 0 Å². The van der Waals surface area contributed by atoms with Gasteiger partial charge in [0.05, 0.1) is 12.7 Å². The quantitative estimate of drug-likeness (QED) is 0.826. The number of carbonyl (C=O) groups is 1. The molecule has 0 atom stereocenters. The molecule has 21 heavy (non-hydrogen) atoms. The van der Waals surface area contributed by atoms with Crippen molar-refractivity contribution < 1.29 is 19.4 Å². The lowest BCUT2D eigenvalue weighted by Crippen LogP contribution is -2.01. The summed E-state index contributed by atoms with van der Waals surface area (Å²) in [5.74, 6) is -0.0240. The smallest absolute Gasteiger partial charge is 0.335 e. The maximum absolute atomic E-state index is 10.9. The number of methoxy groups -OCH3 is 1. The Bertz CT molecular complexity index is 647. The number of benzene rings is 2. The first-order valence-electron chi connectivity index (χ1n) is 6.39.